The first kappa shape index (κ1) is 10.2. The molecular formula is C11H11BrClN. The highest BCUT2D eigenvalue weighted by molar-refractivity contribution is 9.10. The molecule has 1 nitrogen and oxygen atoms in total. The number of fused-ring (bicyclic) bond motifs is 1. The lowest BCUT2D eigenvalue weighted by atomic mass is 9.91. The summed E-state index contributed by atoms with van der Waals surface area (Å²) in [5, 5.41) is 0.761. The Morgan fingerprint density at radius 1 is 1.43 bits per heavy atom. The molecule has 0 radical (unpaired) electrons. The summed E-state index contributed by atoms with van der Waals surface area (Å²) in [7, 11) is 0. The van der Waals surface area contributed by atoms with Gasteiger partial charge in [0.05, 0.1) is 0 Å². The highest BCUT2D eigenvalue weighted by atomic mass is 79.9. The topological polar surface area (TPSA) is 26.0 Å². The Bertz CT molecular complexity index is 399. The molecule has 74 valence electrons. The van der Waals surface area contributed by atoms with Crippen LogP contribution in [0.5, 0.6) is 0 Å². The van der Waals surface area contributed by atoms with Crippen LogP contribution in [0, 0.1) is 0 Å². The standard InChI is InChI=1S/C11H11BrClN/c12-11-5-8(13)4-10-7(6-14)2-1-3-9(10)11/h2,4-5H,1,3,6,14H2. The molecule has 1 aliphatic carbocycles. The minimum absolute atomic E-state index is 0.583. The van der Waals surface area contributed by atoms with E-state index in [9.17, 15) is 0 Å². The average molecular weight is 273 g/mol. The second-order valence-corrected chi connectivity index (χ2v) is 4.68. The number of allylic oxidation sites excluding steroid dienone is 1. The van der Waals surface area contributed by atoms with Crippen LogP contribution < -0.4 is 5.73 Å². The van der Waals surface area contributed by atoms with Crippen molar-refractivity contribution in [1.82, 2.24) is 0 Å². The molecule has 0 atom stereocenters. The third-order valence-corrected chi connectivity index (χ3v) is 3.44. The van der Waals surface area contributed by atoms with E-state index in [2.05, 4.69) is 22.0 Å². The van der Waals surface area contributed by atoms with E-state index >= 15 is 0 Å². The fraction of sp³-hybridized carbons (Fsp3) is 0.273. The van der Waals surface area contributed by atoms with Crippen molar-refractivity contribution in [3.05, 3.63) is 38.8 Å². The first-order chi connectivity index (χ1) is 6.72. The fourth-order valence-corrected chi connectivity index (χ4v) is 2.85. The second-order valence-electron chi connectivity index (χ2n) is 3.39. The molecule has 0 amide bonds. The molecule has 0 heterocycles. The lowest BCUT2D eigenvalue weighted by Gasteiger charge is -2.18. The second kappa shape index (κ2) is 4.05. The molecule has 1 aromatic rings. The van der Waals surface area contributed by atoms with Gasteiger partial charge in [-0.05, 0) is 41.7 Å². The minimum Gasteiger partial charge on any atom is -0.326 e. The molecule has 2 N–H and O–H groups in total. The van der Waals surface area contributed by atoms with Crippen LogP contribution in [0.15, 0.2) is 22.7 Å². The Kier molecular flexibility index (Phi) is 2.96. The van der Waals surface area contributed by atoms with Crippen LogP contribution in [0.3, 0.4) is 0 Å². The van der Waals surface area contributed by atoms with Crippen LogP contribution in [0.1, 0.15) is 17.5 Å². The molecule has 0 saturated heterocycles. The predicted molar refractivity (Wildman–Crippen MR) is 64.5 cm³/mol. The lowest BCUT2D eigenvalue weighted by Crippen LogP contribution is -2.08. The largest absolute Gasteiger partial charge is 0.326 e. The van der Waals surface area contributed by atoms with Gasteiger partial charge in [0, 0.05) is 16.0 Å². The van der Waals surface area contributed by atoms with Crippen molar-refractivity contribution in [2.75, 3.05) is 6.54 Å². The number of nitrogens with two attached hydrogens (primary N) is 1. The summed E-state index contributed by atoms with van der Waals surface area (Å²) < 4.78 is 1.10. The Morgan fingerprint density at radius 2 is 2.21 bits per heavy atom. The van der Waals surface area contributed by atoms with Gasteiger partial charge in [-0.25, -0.2) is 0 Å². The smallest absolute Gasteiger partial charge is 0.0423 e. The molecular weight excluding hydrogens is 261 g/mol. The zero-order valence-corrected chi connectivity index (χ0v) is 10.0. The van der Waals surface area contributed by atoms with Gasteiger partial charge < -0.3 is 5.73 Å². The lowest BCUT2D eigenvalue weighted by molar-refractivity contribution is 0.960. The van der Waals surface area contributed by atoms with Gasteiger partial charge in [-0.1, -0.05) is 33.6 Å². The quantitative estimate of drug-likeness (QED) is 0.833. The third-order valence-electron chi connectivity index (χ3n) is 2.51. The maximum atomic E-state index is 6.01. The molecule has 1 aliphatic rings. The van der Waals surface area contributed by atoms with E-state index in [-0.39, 0.29) is 0 Å². The van der Waals surface area contributed by atoms with Gasteiger partial charge in [0.15, 0.2) is 0 Å². The van der Waals surface area contributed by atoms with E-state index in [4.69, 9.17) is 17.3 Å². The van der Waals surface area contributed by atoms with Gasteiger partial charge in [0.1, 0.15) is 0 Å². The summed E-state index contributed by atoms with van der Waals surface area (Å²) in [5.41, 5.74) is 9.43. The van der Waals surface area contributed by atoms with Crippen LogP contribution >= 0.6 is 27.5 Å². The summed E-state index contributed by atoms with van der Waals surface area (Å²) in [4.78, 5) is 0. The molecule has 0 bridgehead atoms. The summed E-state index contributed by atoms with van der Waals surface area (Å²) in [6.07, 6.45) is 4.33. The van der Waals surface area contributed by atoms with Gasteiger partial charge in [0.25, 0.3) is 0 Å². The van der Waals surface area contributed by atoms with Gasteiger partial charge in [-0.3, -0.25) is 0 Å². The van der Waals surface area contributed by atoms with Crippen LogP contribution in [0.25, 0.3) is 5.57 Å². The van der Waals surface area contributed by atoms with Gasteiger partial charge in [-0.15, -0.1) is 0 Å². The SMILES string of the molecule is NCC1=CCCc2c(Br)cc(Cl)cc21. The fourth-order valence-electron chi connectivity index (χ4n) is 1.84. The van der Waals surface area contributed by atoms with Crippen LogP contribution in [0.4, 0.5) is 0 Å². The summed E-state index contributed by atoms with van der Waals surface area (Å²) >= 11 is 9.54. The molecule has 0 fully saturated rings. The van der Waals surface area contributed by atoms with Crippen LogP contribution in [0.2, 0.25) is 5.02 Å². The van der Waals surface area contributed by atoms with Crippen molar-refractivity contribution in [1.29, 1.82) is 0 Å². The summed E-state index contributed by atoms with van der Waals surface area (Å²) in [6.45, 7) is 0.583. The zero-order valence-electron chi connectivity index (χ0n) is 7.69. The number of halogens is 2. The molecule has 2 rings (SSSR count). The van der Waals surface area contributed by atoms with E-state index in [1.54, 1.807) is 0 Å². The maximum Gasteiger partial charge on any atom is 0.0423 e. The normalized spacial score (nSPS) is 14.9. The van der Waals surface area contributed by atoms with E-state index in [1.807, 2.05) is 12.1 Å². The molecule has 3 heteroatoms. The molecule has 1 aromatic carbocycles. The number of hydrogen-bond donors (Lipinski definition) is 1. The highest BCUT2D eigenvalue weighted by Crippen LogP contribution is 2.33. The third kappa shape index (κ3) is 1.74. The Hall–Kier alpha value is -0.310. The predicted octanol–water partition coefficient (Wildman–Crippen LogP) is 3.39. The van der Waals surface area contributed by atoms with Gasteiger partial charge >= 0.3 is 0 Å². The van der Waals surface area contributed by atoms with Crippen LogP contribution in [-0.2, 0) is 6.42 Å². The van der Waals surface area contributed by atoms with Crippen molar-refractivity contribution in [2.45, 2.75) is 12.8 Å². The van der Waals surface area contributed by atoms with Crippen molar-refractivity contribution >= 4 is 33.1 Å². The molecule has 0 saturated carbocycles. The van der Waals surface area contributed by atoms with Crippen molar-refractivity contribution in [3.8, 4) is 0 Å². The van der Waals surface area contributed by atoms with E-state index in [0.717, 1.165) is 22.3 Å². The summed E-state index contributed by atoms with van der Waals surface area (Å²) in [5.74, 6) is 0. The van der Waals surface area contributed by atoms with E-state index < -0.39 is 0 Å². The zero-order chi connectivity index (χ0) is 10.1. The maximum absolute atomic E-state index is 6.01. The van der Waals surface area contributed by atoms with Crippen molar-refractivity contribution in [3.63, 3.8) is 0 Å². The van der Waals surface area contributed by atoms with E-state index in [0.29, 0.717) is 6.54 Å². The monoisotopic (exact) mass is 271 g/mol. The molecule has 0 aromatic heterocycles. The van der Waals surface area contributed by atoms with Crippen LogP contribution in [-0.4, -0.2) is 6.54 Å². The minimum atomic E-state index is 0.583. The number of benzene rings is 1. The number of rotatable bonds is 1. The first-order valence-electron chi connectivity index (χ1n) is 4.59. The Morgan fingerprint density at radius 3 is 2.93 bits per heavy atom. The molecule has 0 spiro atoms. The molecule has 0 unspecified atom stereocenters. The van der Waals surface area contributed by atoms with Gasteiger partial charge in [0.2, 0.25) is 0 Å². The summed E-state index contributed by atoms with van der Waals surface area (Å²) in [6, 6.07) is 3.94. The van der Waals surface area contributed by atoms with Crippen molar-refractivity contribution in [2.24, 2.45) is 5.73 Å². The molecule has 0 aliphatic heterocycles. The van der Waals surface area contributed by atoms with E-state index in [1.165, 1.54) is 16.7 Å². The first-order valence-corrected chi connectivity index (χ1v) is 5.77. The highest BCUT2D eigenvalue weighted by Gasteiger charge is 2.14. The average Bonchev–Trinajstić information content (AvgIpc) is 2.17. The number of hydrogen-bond acceptors (Lipinski definition) is 1. The van der Waals surface area contributed by atoms with Gasteiger partial charge in [-0.2, -0.15) is 0 Å². The Labute approximate surface area is 97.1 Å². The van der Waals surface area contributed by atoms with Crippen molar-refractivity contribution < 1.29 is 0 Å². The Balaban J connectivity index is 2.60. The molecule has 14 heavy (non-hydrogen) atoms.